The predicted octanol–water partition coefficient (Wildman–Crippen LogP) is 2.18. The van der Waals surface area contributed by atoms with Gasteiger partial charge in [0.15, 0.2) is 0 Å². The van der Waals surface area contributed by atoms with Gasteiger partial charge < -0.3 is 15.8 Å². The molecule has 0 bridgehead atoms. The molecule has 0 saturated carbocycles. The highest BCUT2D eigenvalue weighted by atomic mass is 16.5. The van der Waals surface area contributed by atoms with Gasteiger partial charge in [-0.25, -0.2) is 4.98 Å². The first-order chi connectivity index (χ1) is 8.90. The number of carbonyl (C=O) groups is 1. The molecule has 0 radical (unpaired) electrons. The third kappa shape index (κ3) is 5.26. The fourth-order valence-electron chi connectivity index (χ4n) is 1.64. The van der Waals surface area contributed by atoms with Crippen molar-refractivity contribution in [1.29, 1.82) is 0 Å². The Bertz CT molecular complexity index is 419. The normalized spacial score (nSPS) is 12.6. The maximum absolute atomic E-state index is 12.0. The van der Waals surface area contributed by atoms with E-state index in [0.717, 1.165) is 0 Å². The maximum atomic E-state index is 12.0. The van der Waals surface area contributed by atoms with Gasteiger partial charge in [0.2, 0.25) is 11.8 Å². The molecule has 19 heavy (non-hydrogen) atoms. The number of nitrogens with one attached hydrogen (secondary N) is 1. The zero-order valence-corrected chi connectivity index (χ0v) is 12.0. The highest BCUT2D eigenvalue weighted by molar-refractivity contribution is 5.95. The summed E-state index contributed by atoms with van der Waals surface area (Å²) in [4.78, 5) is 16.1. The zero-order valence-electron chi connectivity index (χ0n) is 12.0. The van der Waals surface area contributed by atoms with Crippen LogP contribution in [0.3, 0.4) is 0 Å². The number of nitrogens with two attached hydrogens (primary N) is 1. The Labute approximate surface area is 114 Å². The van der Waals surface area contributed by atoms with Crippen LogP contribution in [0.4, 0.5) is 5.69 Å². The molecule has 0 aromatic carbocycles. The van der Waals surface area contributed by atoms with Crippen molar-refractivity contribution >= 4 is 11.6 Å². The molecule has 0 aliphatic rings. The van der Waals surface area contributed by atoms with Crippen LogP contribution < -0.4 is 15.8 Å². The van der Waals surface area contributed by atoms with Crippen LogP contribution in [-0.4, -0.2) is 23.0 Å². The first-order valence-electron chi connectivity index (χ1n) is 6.58. The molecule has 5 heteroatoms. The topological polar surface area (TPSA) is 77.2 Å². The number of rotatable bonds is 6. The van der Waals surface area contributed by atoms with Gasteiger partial charge in [-0.05, 0) is 38.3 Å². The van der Waals surface area contributed by atoms with E-state index in [9.17, 15) is 4.79 Å². The lowest BCUT2D eigenvalue weighted by molar-refractivity contribution is -0.117. The molecule has 1 aromatic heterocycles. The number of anilines is 1. The summed E-state index contributed by atoms with van der Waals surface area (Å²) in [5.41, 5.74) is 6.40. The first kappa shape index (κ1) is 15.4. The summed E-state index contributed by atoms with van der Waals surface area (Å²) < 4.78 is 5.54. The van der Waals surface area contributed by atoms with Gasteiger partial charge in [-0.15, -0.1) is 0 Å². The molecule has 1 aromatic rings. The van der Waals surface area contributed by atoms with Gasteiger partial charge in [0.25, 0.3) is 0 Å². The Morgan fingerprint density at radius 1 is 1.42 bits per heavy atom. The van der Waals surface area contributed by atoms with Crippen LogP contribution in [0, 0.1) is 5.92 Å². The molecule has 3 N–H and O–H groups in total. The Morgan fingerprint density at radius 2 is 2.11 bits per heavy atom. The van der Waals surface area contributed by atoms with Crippen molar-refractivity contribution in [2.24, 2.45) is 11.7 Å². The Morgan fingerprint density at radius 3 is 2.68 bits per heavy atom. The van der Waals surface area contributed by atoms with Crippen LogP contribution in [0.5, 0.6) is 5.88 Å². The minimum atomic E-state index is -0.521. The van der Waals surface area contributed by atoms with Gasteiger partial charge in [0.05, 0.1) is 12.1 Å². The van der Waals surface area contributed by atoms with Crippen LogP contribution in [0.15, 0.2) is 18.3 Å². The second-order valence-electron chi connectivity index (χ2n) is 5.25. The minimum absolute atomic E-state index is 0.00473. The van der Waals surface area contributed by atoms with Crippen molar-refractivity contribution in [3.05, 3.63) is 18.3 Å². The number of amides is 1. The molecule has 0 saturated heterocycles. The predicted molar refractivity (Wildman–Crippen MR) is 76.1 cm³/mol. The number of carbonyl (C=O) groups excluding carboxylic acids is 1. The van der Waals surface area contributed by atoms with Gasteiger partial charge in [-0.1, -0.05) is 13.8 Å². The average Bonchev–Trinajstić information content (AvgIpc) is 2.30. The van der Waals surface area contributed by atoms with E-state index in [2.05, 4.69) is 10.3 Å². The van der Waals surface area contributed by atoms with E-state index in [4.69, 9.17) is 10.5 Å². The second-order valence-corrected chi connectivity index (χ2v) is 5.25. The molecule has 0 aliphatic carbocycles. The molecule has 1 heterocycles. The Kier molecular flexibility index (Phi) is 5.76. The van der Waals surface area contributed by atoms with E-state index in [1.165, 1.54) is 0 Å². The third-order valence-corrected chi connectivity index (χ3v) is 2.44. The van der Waals surface area contributed by atoms with E-state index >= 15 is 0 Å². The zero-order chi connectivity index (χ0) is 14.4. The summed E-state index contributed by atoms with van der Waals surface area (Å²) >= 11 is 0. The van der Waals surface area contributed by atoms with Crippen LogP contribution >= 0.6 is 0 Å². The van der Waals surface area contributed by atoms with E-state index < -0.39 is 6.04 Å². The van der Waals surface area contributed by atoms with Gasteiger partial charge in [0.1, 0.15) is 5.69 Å². The van der Waals surface area contributed by atoms with E-state index in [1.807, 2.05) is 27.7 Å². The lowest BCUT2D eigenvalue weighted by Gasteiger charge is -2.16. The lowest BCUT2D eigenvalue weighted by Crippen LogP contribution is -2.36. The number of aromatic nitrogens is 1. The van der Waals surface area contributed by atoms with Gasteiger partial charge in [0, 0.05) is 6.20 Å². The number of hydrogen-bond acceptors (Lipinski definition) is 4. The number of pyridine rings is 1. The summed E-state index contributed by atoms with van der Waals surface area (Å²) in [5, 5.41) is 2.77. The van der Waals surface area contributed by atoms with E-state index in [1.54, 1.807) is 18.3 Å². The summed E-state index contributed by atoms with van der Waals surface area (Å²) in [6.07, 6.45) is 2.27. The number of nitrogens with zero attached hydrogens (tertiary/aromatic N) is 1. The fourth-order valence-corrected chi connectivity index (χ4v) is 1.64. The third-order valence-electron chi connectivity index (χ3n) is 2.44. The molecular formula is C14H23N3O2. The highest BCUT2D eigenvalue weighted by Gasteiger charge is 2.17. The smallest absolute Gasteiger partial charge is 0.241 e. The van der Waals surface area contributed by atoms with Crippen molar-refractivity contribution in [2.45, 2.75) is 46.3 Å². The lowest BCUT2D eigenvalue weighted by atomic mass is 10.0. The average molecular weight is 265 g/mol. The molecule has 1 rings (SSSR count). The van der Waals surface area contributed by atoms with Gasteiger partial charge in [-0.3, -0.25) is 4.79 Å². The molecule has 5 nitrogen and oxygen atoms in total. The van der Waals surface area contributed by atoms with Crippen molar-refractivity contribution in [3.63, 3.8) is 0 Å². The largest absolute Gasteiger partial charge is 0.473 e. The highest BCUT2D eigenvalue weighted by Crippen LogP contribution is 2.22. The van der Waals surface area contributed by atoms with Crippen LogP contribution in [0.1, 0.15) is 34.1 Å². The van der Waals surface area contributed by atoms with Crippen LogP contribution in [-0.2, 0) is 4.79 Å². The molecule has 1 atom stereocenters. The SMILES string of the molecule is CC(C)C[C@H](N)C(=O)Nc1cccnc1OC(C)C. The quantitative estimate of drug-likeness (QED) is 0.826. The maximum Gasteiger partial charge on any atom is 0.241 e. The van der Waals surface area contributed by atoms with E-state index in [-0.39, 0.29) is 12.0 Å². The summed E-state index contributed by atoms with van der Waals surface area (Å²) in [6.45, 7) is 7.88. The van der Waals surface area contributed by atoms with Crippen LogP contribution in [0.2, 0.25) is 0 Å². The van der Waals surface area contributed by atoms with Crippen LogP contribution in [0.25, 0.3) is 0 Å². The van der Waals surface area contributed by atoms with Crippen molar-refractivity contribution < 1.29 is 9.53 Å². The van der Waals surface area contributed by atoms with E-state index in [0.29, 0.717) is 23.9 Å². The Balaban J connectivity index is 2.73. The number of ether oxygens (including phenoxy) is 1. The van der Waals surface area contributed by atoms with Crippen molar-refractivity contribution in [3.8, 4) is 5.88 Å². The minimum Gasteiger partial charge on any atom is -0.473 e. The standard InChI is InChI=1S/C14H23N3O2/c1-9(2)8-11(15)13(18)17-12-6-5-7-16-14(12)19-10(3)4/h5-7,9-11H,8,15H2,1-4H3,(H,17,18)/t11-/m0/s1. The summed E-state index contributed by atoms with van der Waals surface area (Å²) in [6, 6.07) is 2.98. The molecule has 1 amide bonds. The molecule has 0 spiro atoms. The fraction of sp³-hybridized carbons (Fsp3) is 0.571. The summed E-state index contributed by atoms with van der Waals surface area (Å²) in [7, 11) is 0. The number of hydrogen-bond donors (Lipinski definition) is 2. The molecule has 106 valence electrons. The van der Waals surface area contributed by atoms with Gasteiger partial charge in [-0.2, -0.15) is 0 Å². The molecule has 0 fully saturated rings. The Hall–Kier alpha value is -1.62. The monoisotopic (exact) mass is 265 g/mol. The molecule has 0 unspecified atom stereocenters. The van der Waals surface area contributed by atoms with Gasteiger partial charge >= 0.3 is 0 Å². The van der Waals surface area contributed by atoms with Crippen molar-refractivity contribution in [2.75, 3.05) is 5.32 Å². The second kappa shape index (κ2) is 7.09. The summed E-state index contributed by atoms with van der Waals surface area (Å²) in [5.74, 6) is 0.582. The molecular weight excluding hydrogens is 242 g/mol. The molecule has 0 aliphatic heterocycles. The van der Waals surface area contributed by atoms with Crippen molar-refractivity contribution in [1.82, 2.24) is 4.98 Å². The first-order valence-corrected chi connectivity index (χ1v) is 6.58.